The first-order valence-electron chi connectivity index (χ1n) is 7.40. The first-order valence-corrected chi connectivity index (χ1v) is 7.40. The Hall–Kier alpha value is -1.34. The maximum absolute atomic E-state index is 14.2. The molecule has 1 atom stereocenters. The lowest BCUT2D eigenvalue weighted by Crippen LogP contribution is -2.45. The van der Waals surface area contributed by atoms with Crippen LogP contribution in [0.5, 0.6) is 5.75 Å². The highest BCUT2D eigenvalue weighted by Crippen LogP contribution is 2.32. The molecule has 0 unspecified atom stereocenters. The monoisotopic (exact) mass is 320 g/mol. The van der Waals surface area contributed by atoms with Crippen LogP contribution in [0, 0.1) is 5.82 Å². The summed E-state index contributed by atoms with van der Waals surface area (Å²) in [5.74, 6) is -0.869. The molecule has 1 fully saturated rings. The first kappa shape index (κ1) is 17.0. The van der Waals surface area contributed by atoms with E-state index in [1.807, 2.05) is 6.92 Å². The molecule has 7 heteroatoms. The summed E-state index contributed by atoms with van der Waals surface area (Å²) < 4.78 is 55.1. The molecule has 1 aliphatic rings. The molecule has 2 rings (SSSR count). The Bertz CT molecular complexity index is 487. The number of hydrogen-bond donors (Lipinski definition) is 1. The molecule has 0 amide bonds. The molecule has 0 aliphatic carbocycles. The van der Waals surface area contributed by atoms with E-state index in [2.05, 4.69) is 15.0 Å². The minimum atomic E-state index is -4.77. The van der Waals surface area contributed by atoms with Gasteiger partial charge < -0.3 is 10.1 Å². The van der Waals surface area contributed by atoms with Gasteiger partial charge in [0.15, 0.2) is 0 Å². The Kier molecular flexibility index (Phi) is 5.63. The standard InChI is InChI=1S/C15H20F4N2O/c1-2-3-14(21-8-6-20-7-9-21)12-10-11(4-5-13(12)16)22-15(17,18)19/h4-5,10,14,20H,2-3,6-9H2,1H3/t14-/m1/s1. The maximum atomic E-state index is 14.2. The van der Waals surface area contributed by atoms with Crippen LogP contribution in [-0.4, -0.2) is 37.4 Å². The molecule has 0 aromatic heterocycles. The van der Waals surface area contributed by atoms with Gasteiger partial charge in [-0.3, -0.25) is 4.90 Å². The summed E-state index contributed by atoms with van der Waals surface area (Å²) in [5, 5.41) is 3.21. The van der Waals surface area contributed by atoms with E-state index in [1.165, 1.54) is 6.07 Å². The number of hydrogen-bond acceptors (Lipinski definition) is 3. The summed E-state index contributed by atoms with van der Waals surface area (Å²) in [6.07, 6.45) is -3.27. The second-order valence-electron chi connectivity index (χ2n) is 5.32. The van der Waals surface area contributed by atoms with Crippen LogP contribution >= 0.6 is 0 Å². The minimum absolute atomic E-state index is 0.233. The molecule has 0 saturated carbocycles. The fraction of sp³-hybridized carbons (Fsp3) is 0.600. The van der Waals surface area contributed by atoms with Gasteiger partial charge in [0.1, 0.15) is 11.6 Å². The topological polar surface area (TPSA) is 24.5 Å². The summed E-state index contributed by atoms with van der Waals surface area (Å²) >= 11 is 0. The van der Waals surface area contributed by atoms with E-state index in [0.717, 1.165) is 44.7 Å². The van der Waals surface area contributed by atoms with Gasteiger partial charge in [-0.05, 0) is 24.6 Å². The largest absolute Gasteiger partial charge is 0.573 e. The van der Waals surface area contributed by atoms with E-state index in [9.17, 15) is 17.6 Å². The van der Waals surface area contributed by atoms with Crippen molar-refractivity contribution in [3.8, 4) is 5.75 Å². The number of benzene rings is 1. The van der Waals surface area contributed by atoms with E-state index in [4.69, 9.17) is 0 Å². The van der Waals surface area contributed by atoms with Crippen molar-refractivity contribution >= 4 is 0 Å². The average Bonchev–Trinajstić information content (AvgIpc) is 2.46. The van der Waals surface area contributed by atoms with E-state index in [1.54, 1.807) is 0 Å². The molecule has 1 aliphatic heterocycles. The van der Waals surface area contributed by atoms with Crippen LogP contribution in [0.2, 0.25) is 0 Å². The van der Waals surface area contributed by atoms with Gasteiger partial charge in [-0.1, -0.05) is 13.3 Å². The van der Waals surface area contributed by atoms with Gasteiger partial charge in [-0.25, -0.2) is 4.39 Å². The lowest BCUT2D eigenvalue weighted by molar-refractivity contribution is -0.274. The van der Waals surface area contributed by atoms with Crippen molar-refractivity contribution in [2.75, 3.05) is 26.2 Å². The second-order valence-corrected chi connectivity index (χ2v) is 5.32. The highest BCUT2D eigenvalue weighted by atomic mass is 19.4. The van der Waals surface area contributed by atoms with Crippen LogP contribution in [0.15, 0.2) is 18.2 Å². The van der Waals surface area contributed by atoms with Crippen molar-refractivity contribution in [3.05, 3.63) is 29.6 Å². The van der Waals surface area contributed by atoms with Crippen LogP contribution in [0.1, 0.15) is 31.4 Å². The normalized spacial score (nSPS) is 18.2. The van der Waals surface area contributed by atoms with Crippen LogP contribution in [0.25, 0.3) is 0 Å². The molecular formula is C15H20F4N2O. The lowest BCUT2D eigenvalue weighted by Gasteiger charge is -2.35. The number of rotatable bonds is 5. The van der Waals surface area contributed by atoms with Gasteiger partial charge in [-0.2, -0.15) is 0 Å². The van der Waals surface area contributed by atoms with Crippen molar-refractivity contribution < 1.29 is 22.3 Å². The summed E-state index contributed by atoms with van der Waals surface area (Å²) in [6.45, 7) is 5.05. The molecule has 1 N–H and O–H groups in total. The van der Waals surface area contributed by atoms with Crippen LogP contribution in [0.4, 0.5) is 17.6 Å². The van der Waals surface area contributed by atoms with Crippen molar-refractivity contribution in [1.82, 2.24) is 10.2 Å². The molecular weight excluding hydrogens is 300 g/mol. The Morgan fingerprint density at radius 3 is 2.55 bits per heavy atom. The zero-order chi connectivity index (χ0) is 16.2. The van der Waals surface area contributed by atoms with E-state index >= 15 is 0 Å². The highest BCUT2D eigenvalue weighted by Gasteiger charge is 2.32. The van der Waals surface area contributed by atoms with Crippen LogP contribution < -0.4 is 10.1 Å². The molecule has 0 bridgehead atoms. The quantitative estimate of drug-likeness (QED) is 0.841. The predicted octanol–water partition coefficient (Wildman–Crippen LogP) is 3.47. The molecule has 124 valence electrons. The number of nitrogens with zero attached hydrogens (tertiary/aromatic N) is 1. The van der Waals surface area contributed by atoms with Crippen LogP contribution in [-0.2, 0) is 0 Å². The fourth-order valence-electron chi connectivity index (χ4n) is 2.78. The average molecular weight is 320 g/mol. The van der Waals surface area contributed by atoms with Gasteiger partial charge in [0.05, 0.1) is 0 Å². The maximum Gasteiger partial charge on any atom is 0.573 e. The third kappa shape index (κ3) is 4.58. The SMILES string of the molecule is CCC[C@H](c1cc(OC(F)(F)F)ccc1F)N1CCNCC1. The molecule has 1 aromatic rings. The lowest BCUT2D eigenvalue weighted by atomic mass is 9.99. The minimum Gasteiger partial charge on any atom is -0.406 e. The summed E-state index contributed by atoms with van der Waals surface area (Å²) in [7, 11) is 0. The van der Waals surface area contributed by atoms with E-state index in [-0.39, 0.29) is 17.4 Å². The summed E-state index contributed by atoms with van der Waals surface area (Å²) in [5.41, 5.74) is 0.269. The molecule has 0 radical (unpaired) electrons. The smallest absolute Gasteiger partial charge is 0.406 e. The van der Waals surface area contributed by atoms with Gasteiger partial charge >= 0.3 is 6.36 Å². The molecule has 1 aromatic carbocycles. The molecule has 22 heavy (non-hydrogen) atoms. The predicted molar refractivity (Wildman–Crippen MR) is 75.2 cm³/mol. The summed E-state index contributed by atoms with van der Waals surface area (Å²) in [6, 6.07) is 2.99. The number of ether oxygens (including phenoxy) is 1. The number of halogens is 4. The van der Waals surface area contributed by atoms with Crippen molar-refractivity contribution in [2.45, 2.75) is 32.2 Å². The third-order valence-corrected chi connectivity index (χ3v) is 3.71. The van der Waals surface area contributed by atoms with E-state index in [0.29, 0.717) is 6.42 Å². The Balaban J connectivity index is 2.27. The zero-order valence-electron chi connectivity index (χ0n) is 12.4. The Labute approximate surface area is 127 Å². The second kappa shape index (κ2) is 7.28. The number of piperazine rings is 1. The van der Waals surface area contributed by atoms with Crippen molar-refractivity contribution in [1.29, 1.82) is 0 Å². The summed E-state index contributed by atoms with van der Waals surface area (Å²) in [4.78, 5) is 2.11. The molecule has 0 spiro atoms. The molecule has 1 heterocycles. The highest BCUT2D eigenvalue weighted by molar-refractivity contribution is 5.32. The van der Waals surface area contributed by atoms with E-state index < -0.39 is 12.2 Å². The van der Waals surface area contributed by atoms with Gasteiger partial charge in [0, 0.05) is 37.8 Å². The van der Waals surface area contributed by atoms with Crippen molar-refractivity contribution in [3.63, 3.8) is 0 Å². The van der Waals surface area contributed by atoms with Gasteiger partial charge in [0.25, 0.3) is 0 Å². The zero-order valence-corrected chi connectivity index (χ0v) is 12.4. The molecule has 3 nitrogen and oxygen atoms in total. The van der Waals surface area contributed by atoms with Gasteiger partial charge in [-0.15, -0.1) is 13.2 Å². The van der Waals surface area contributed by atoms with Gasteiger partial charge in [0.2, 0.25) is 0 Å². The third-order valence-electron chi connectivity index (χ3n) is 3.71. The number of alkyl halides is 3. The Morgan fingerprint density at radius 1 is 1.27 bits per heavy atom. The first-order chi connectivity index (χ1) is 10.4. The van der Waals surface area contributed by atoms with Crippen molar-refractivity contribution in [2.24, 2.45) is 0 Å². The Morgan fingerprint density at radius 2 is 1.95 bits per heavy atom. The fourth-order valence-corrected chi connectivity index (χ4v) is 2.78. The van der Waals surface area contributed by atoms with Crippen LogP contribution in [0.3, 0.4) is 0 Å². The number of nitrogens with one attached hydrogen (secondary N) is 1. The molecule has 1 saturated heterocycles.